The third-order valence-electron chi connectivity index (χ3n) is 3.51. The fourth-order valence-corrected chi connectivity index (χ4v) is 1.96. The second-order valence-corrected chi connectivity index (χ2v) is 5.31. The van der Waals surface area contributed by atoms with Crippen molar-refractivity contribution >= 4 is 5.69 Å². The highest BCUT2D eigenvalue weighted by molar-refractivity contribution is 5.39. The highest BCUT2D eigenvalue weighted by atomic mass is 16.6. The number of rotatable bonds is 9. The van der Waals surface area contributed by atoms with Gasteiger partial charge in [-0.1, -0.05) is 18.2 Å². The molecule has 0 heterocycles. The average Bonchev–Trinajstić information content (AvgIpc) is 2.42. The maximum atomic E-state index is 10.9. The molecule has 0 spiro atoms. The van der Waals surface area contributed by atoms with Gasteiger partial charge in [-0.15, -0.1) is 0 Å². The van der Waals surface area contributed by atoms with E-state index in [9.17, 15) is 10.1 Å². The largest absolute Gasteiger partial charge is 0.316 e. The first-order chi connectivity index (χ1) is 9.52. The summed E-state index contributed by atoms with van der Waals surface area (Å²) in [4.78, 5) is 12.9. The minimum Gasteiger partial charge on any atom is -0.316 e. The van der Waals surface area contributed by atoms with Crippen molar-refractivity contribution in [3.8, 4) is 0 Å². The van der Waals surface area contributed by atoms with Gasteiger partial charge in [0.05, 0.1) is 4.92 Å². The van der Waals surface area contributed by atoms with E-state index in [1.165, 1.54) is 0 Å². The predicted molar refractivity (Wildman–Crippen MR) is 82.1 cm³/mol. The molecule has 0 aliphatic heterocycles. The van der Waals surface area contributed by atoms with Gasteiger partial charge in [-0.3, -0.25) is 10.1 Å². The van der Waals surface area contributed by atoms with Crippen molar-refractivity contribution in [2.24, 2.45) is 0 Å². The van der Waals surface area contributed by atoms with Crippen molar-refractivity contribution in [1.82, 2.24) is 10.2 Å². The van der Waals surface area contributed by atoms with E-state index in [0.29, 0.717) is 12.5 Å². The topological polar surface area (TPSA) is 58.4 Å². The molecule has 1 N–H and O–H groups in total. The Morgan fingerprint density at radius 2 is 2.00 bits per heavy atom. The van der Waals surface area contributed by atoms with Crippen LogP contribution in [0.25, 0.3) is 0 Å². The van der Waals surface area contributed by atoms with Crippen LogP contribution in [-0.2, 0) is 6.42 Å². The second kappa shape index (κ2) is 8.66. The molecule has 5 nitrogen and oxygen atoms in total. The Balaban J connectivity index is 2.23. The predicted octanol–water partition coefficient (Wildman–Crippen LogP) is 2.46. The molecule has 0 amide bonds. The van der Waals surface area contributed by atoms with Crippen LogP contribution in [0.3, 0.4) is 0 Å². The van der Waals surface area contributed by atoms with Crippen molar-refractivity contribution in [3.63, 3.8) is 0 Å². The Labute approximate surface area is 121 Å². The quantitative estimate of drug-likeness (QED) is 0.428. The second-order valence-electron chi connectivity index (χ2n) is 5.31. The van der Waals surface area contributed by atoms with Gasteiger partial charge in [0.2, 0.25) is 0 Å². The van der Waals surface area contributed by atoms with E-state index in [0.717, 1.165) is 31.6 Å². The molecule has 0 unspecified atom stereocenters. The summed E-state index contributed by atoms with van der Waals surface area (Å²) in [5.74, 6) is 0. The number of hydrogen-bond donors (Lipinski definition) is 1. The smallest absolute Gasteiger partial charge is 0.272 e. The van der Waals surface area contributed by atoms with Gasteiger partial charge in [0, 0.05) is 17.7 Å². The minimum atomic E-state index is -0.313. The summed E-state index contributed by atoms with van der Waals surface area (Å²) in [6.45, 7) is 7.15. The average molecular weight is 279 g/mol. The first kappa shape index (κ1) is 16.6. The van der Waals surface area contributed by atoms with Crippen LogP contribution in [0, 0.1) is 10.1 Å². The molecule has 0 bridgehead atoms. The van der Waals surface area contributed by atoms with Gasteiger partial charge in [-0.2, -0.15) is 0 Å². The van der Waals surface area contributed by atoms with Gasteiger partial charge in [-0.25, -0.2) is 0 Å². The zero-order valence-electron chi connectivity index (χ0n) is 12.6. The Bertz CT molecular complexity index is 421. The molecule has 0 aromatic heterocycles. The Hall–Kier alpha value is -1.46. The standard InChI is InChI=1S/C15H25N3O2/c1-13(2)17(3)12-6-10-16-11-9-14-7-4-5-8-15(14)18(19)20/h4-5,7-8,13,16H,6,9-12H2,1-3H3. The molecule has 0 saturated carbocycles. The van der Waals surface area contributed by atoms with Crippen LogP contribution in [0.4, 0.5) is 5.69 Å². The van der Waals surface area contributed by atoms with Crippen LogP contribution in [0.5, 0.6) is 0 Å². The minimum absolute atomic E-state index is 0.217. The summed E-state index contributed by atoms with van der Waals surface area (Å²) in [6.07, 6.45) is 1.78. The van der Waals surface area contributed by atoms with E-state index in [4.69, 9.17) is 0 Å². The van der Waals surface area contributed by atoms with Gasteiger partial charge in [-0.05, 0) is 53.4 Å². The van der Waals surface area contributed by atoms with Gasteiger partial charge in [0.15, 0.2) is 0 Å². The maximum Gasteiger partial charge on any atom is 0.272 e. The van der Waals surface area contributed by atoms with E-state index in [1.807, 2.05) is 12.1 Å². The van der Waals surface area contributed by atoms with Gasteiger partial charge in [0.1, 0.15) is 0 Å². The molecule has 0 atom stereocenters. The molecule has 5 heteroatoms. The van der Waals surface area contributed by atoms with Crippen LogP contribution >= 0.6 is 0 Å². The van der Waals surface area contributed by atoms with Crippen LogP contribution in [0.1, 0.15) is 25.8 Å². The lowest BCUT2D eigenvalue weighted by Gasteiger charge is -2.20. The summed E-state index contributed by atoms with van der Waals surface area (Å²) in [7, 11) is 2.12. The van der Waals surface area contributed by atoms with E-state index in [-0.39, 0.29) is 10.6 Å². The van der Waals surface area contributed by atoms with E-state index < -0.39 is 0 Å². The van der Waals surface area contributed by atoms with Crippen molar-refractivity contribution in [2.75, 3.05) is 26.7 Å². The third-order valence-corrected chi connectivity index (χ3v) is 3.51. The Morgan fingerprint density at radius 3 is 2.65 bits per heavy atom. The normalized spacial score (nSPS) is 11.2. The molecule has 20 heavy (non-hydrogen) atoms. The Morgan fingerprint density at radius 1 is 1.30 bits per heavy atom. The van der Waals surface area contributed by atoms with E-state index in [2.05, 4.69) is 31.1 Å². The van der Waals surface area contributed by atoms with E-state index in [1.54, 1.807) is 12.1 Å². The lowest BCUT2D eigenvalue weighted by Crippen LogP contribution is -2.30. The van der Waals surface area contributed by atoms with Crippen LogP contribution in [0.2, 0.25) is 0 Å². The summed E-state index contributed by atoms with van der Waals surface area (Å²) in [5.41, 5.74) is 1.01. The van der Waals surface area contributed by atoms with Gasteiger partial charge >= 0.3 is 0 Å². The number of hydrogen-bond acceptors (Lipinski definition) is 4. The first-order valence-corrected chi connectivity index (χ1v) is 7.15. The lowest BCUT2D eigenvalue weighted by atomic mass is 10.1. The number of nitro groups is 1. The van der Waals surface area contributed by atoms with Crippen LogP contribution in [0.15, 0.2) is 24.3 Å². The monoisotopic (exact) mass is 279 g/mol. The first-order valence-electron chi connectivity index (χ1n) is 7.15. The summed E-state index contributed by atoms with van der Waals surface area (Å²) in [5, 5.41) is 14.2. The molecule has 0 saturated heterocycles. The zero-order chi connectivity index (χ0) is 15.0. The molecule has 1 aromatic rings. The maximum absolute atomic E-state index is 10.9. The van der Waals surface area contributed by atoms with Crippen LogP contribution in [-0.4, -0.2) is 42.5 Å². The number of nitrogens with zero attached hydrogens (tertiary/aromatic N) is 2. The van der Waals surface area contributed by atoms with Crippen molar-refractivity contribution < 1.29 is 4.92 Å². The zero-order valence-corrected chi connectivity index (χ0v) is 12.6. The molecular formula is C15H25N3O2. The number of benzene rings is 1. The molecule has 112 valence electrons. The highest BCUT2D eigenvalue weighted by Gasteiger charge is 2.11. The summed E-state index contributed by atoms with van der Waals surface area (Å²) in [6, 6.07) is 7.51. The SMILES string of the molecule is CC(C)N(C)CCCNCCc1ccccc1[N+](=O)[O-]. The Kier molecular flexibility index (Phi) is 7.18. The van der Waals surface area contributed by atoms with E-state index >= 15 is 0 Å². The fraction of sp³-hybridized carbons (Fsp3) is 0.600. The molecule has 0 aliphatic rings. The lowest BCUT2D eigenvalue weighted by molar-refractivity contribution is -0.385. The molecule has 0 aliphatic carbocycles. The van der Waals surface area contributed by atoms with Crippen molar-refractivity contribution in [3.05, 3.63) is 39.9 Å². The number of nitro benzene ring substituents is 1. The molecule has 1 rings (SSSR count). The summed E-state index contributed by atoms with van der Waals surface area (Å²) < 4.78 is 0. The fourth-order valence-electron chi connectivity index (χ4n) is 1.96. The van der Waals surface area contributed by atoms with Crippen molar-refractivity contribution in [1.29, 1.82) is 0 Å². The molecule has 1 aromatic carbocycles. The van der Waals surface area contributed by atoms with Crippen molar-refractivity contribution in [2.45, 2.75) is 32.7 Å². The molecule has 0 radical (unpaired) electrons. The highest BCUT2D eigenvalue weighted by Crippen LogP contribution is 2.17. The summed E-state index contributed by atoms with van der Waals surface area (Å²) >= 11 is 0. The van der Waals surface area contributed by atoms with Gasteiger partial charge < -0.3 is 10.2 Å². The van der Waals surface area contributed by atoms with Gasteiger partial charge in [0.25, 0.3) is 5.69 Å². The number of nitrogens with one attached hydrogen (secondary N) is 1. The number of para-hydroxylation sites is 1. The molecular weight excluding hydrogens is 254 g/mol. The third kappa shape index (κ3) is 5.67. The molecule has 0 fully saturated rings. The van der Waals surface area contributed by atoms with Crippen LogP contribution < -0.4 is 5.32 Å².